The third-order valence-electron chi connectivity index (χ3n) is 17.3. The van der Waals surface area contributed by atoms with Crippen LogP contribution in [0.4, 0.5) is 17.1 Å². The number of hydrogen-bond donors (Lipinski definition) is 0. The van der Waals surface area contributed by atoms with Crippen LogP contribution in [0.2, 0.25) is 0 Å². The first kappa shape index (κ1) is 36.2. The van der Waals surface area contributed by atoms with Crippen LogP contribution in [-0.2, 0) is 10.8 Å². The van der Waals surface area contributed by atoms with Crippen LogP contribution in [0.3, 0.4) is 0 Å². The van der Waals surface area contributed by atoms with E-state index in [1.807, 2.05) is 0 Å². The minimum absolute atomic E-state index is 0.0140. The second-order valence-electron chi connectivity index (χ2n) is 19.9. The Morgan fingerprint density at radius 1 is 0.369 bits per heavy atom. The number of nitrogens with zero attached hydrogens (tertiary/aromatic N) is 1. The number of fused-ring (bicyclic) bond motifs is 13. The van der Waals surface area contributed by atoms with E-state index in [0.29, 0.717) is 11.8 Å². The zero-order chi connectivity index (χ0) is 42.4. The van der Waals surface area contributed by atoms with Crippen molar-refractivity contribution >= 4 is 17.1 Å². The van der Waals surface area contributed by atoms with Crippen molar-refractivity contribution < 1.29 is 0 Å². The van der Waals surface area contributed by atoms with Crippen molar-refractivity contribution in [3.63, 3.8) is 0 Å². The van der Waals surface area contributed by atoms with E-state index in [0.717, 1.165) is 11.8 Å². The average Bonchev–Trinajstić information content (AvgIpc) is 4.10. The van der Waals surface area contributed by atoms with Crippen molar-refractivity contribution in [2.45, 2.75) is 36.5 Å². The van der Waals surface area contributed by atoms with E-state index >= 15 is 0 Å². The highest BCUT2D eigenvalue weighted by molar-refractivity contribution is 6.01. The van der Waals surface area contributed by atoms with Gasteiger partial charge in [0.1, 0.15) is 0 Å². The first-order chi connectivity index (χ1) is 32.2. The van der Waals surface area contributed by atoms with E-state index < -0.39 is 5.41 Å². The van der Waals surface area contributed by atoms with Gasteiger partial charge in [-0.05, 0) is 157 Å². The SMILES string of the molecule is c1ccc(-c2cccc(N(c3ccc4c(c3)C3(c5ccccc5-c5ccccc53)c3ccccc3-4)c3cccc4c3C3(c5ccccc5-4)C4CC5CC(C4)C3C5)c2-c2ccccc2)cc1. The summed E-state index contributed by atoms with van der Waals surface area (Å²) in [6.45, 7) is 0. The number of benzene rings is 9. The smallest absolute Gasteiger partial charge is 0.0726 e. The minimum atomic E-state index is -0.450. The second-order valence-corrected chi connectivity index (χ2v) is 19.9. The molecule has 0 heterocycles. The van der Waals surface area contributed by atoms with E-state index in [9.17, 15) is 0 Å². The predicted molar refractivity (Wildman–Crippen MR) is 267 cm³/mol. The number of hydrogen-bond acceptors (Lipinski definition) is 1. The predicted octanol–water partition coefficient (Wildman–Crippen LogP) is 16.2. The number of rotatable bonds is 5. The lowest BCUT2D eigenvalue weighted by atomic mass is 9.59. The maximum absolute atomic E-state index is 2.73. The molecule has 0 aromatic heterocycles. The summed E-state index contributed by atoms with van der Waals surface area (Å²) in [5.74, 6) is 2.96. The maximum Gasteiger partial charge on any atom is 0.0726 e. The van der Waals surface area contributed by atoms with Gasteiger partial charge in [0, 0.05) is 16.7 Å². The lowest BCUT2D eigenvalue weighted by Gasteiger charge is -2.45. The molecule has 0 radical (unpaired) electrons. The van der Waals surface area contributed by atoms with Gasteiger partial charge in [-0.15, -0.1) is 0 Å². The molecule has 16 rings (SSSR count). The minimum Gasteiger partial charge on any atom is -0.310 e. The molecule has 4 fully saturated rings. The van der Waals surface area contributed by atoms with Crippen molar-refractivity contribution in [1.29, 1.82) is 0 Å². The Morgan fingerprint density at radius 2 is 0.892 bits per heavy atom. The van der Waals surface area contributed by atoms with E-state index in [1.54, 1.807) is 11.1 Å². The fraction of sp³-hybridized carbons (Fsp3) is 0.156. The molecule has 4 bridgehead atoms. The van der Waals surface area contributed by atoms with Gasteiger partial charge in [0.25, 0.3) is 0 Å². The Hall–Kier alpha value is -7.22. The Labute approximate surface area is 381 Å². The van der Waals surface area contributed by atoms with Crippen molar-refractivity contribution in [2.75, 3.05) is 4.90 Å². The van der Waals surface area contributed by atoms with Crippen molar-refractivity contribution in [1.82, 2.24) is 0 Å². The second kappa shape index (κ2) is 13.2. The van der Waals surface area contributed by atoms with Crippen molar-refractivity contribution in [3.8, 4) is 55.6 Å². The quantitative estimate of drug-likeness (QED) is 0.167. The van der Waals surface area contributed by atoms with Crippen LogP contribution in [0.1, 0.15) is 59.1 Å². The third-order valence-corrected chi connectivity index (χ3v) is 17.3. The topological polar surface area (TPSA) is 3.24 Å². The van der Waals surface area contributed by atoms with Crippen LogP contribution in [0, 0.1) is 23.7 Å². The maximum atomic E-state index is 2.73. The lowest BCUT2D eigenvalue weighted by Crippen LogP contribution is -2.41. The Balaban J connectivity index is 1.07. The standard InChI is InChI=1S/C64H47N/c1-3-17-41(18-4-1)46-25-15-31-59(61(46)42-19-5-2-6-20-42)65(60-32-16-26-52-50-24-10-11-27-53(50)63(62(52)60)44-36-40-35-43(38-44)57(63)37-40)45-33-34-51-49-23-9-14-30-56(49)64(58(51)39-45)54-28-12-7-21-47(54)48-22-8-13-29-55(48)64/h1-34,39-40,43-44,57H,35-38H2. The summed E-state index contributed by atoms with van der Waals surface area (Å²) in [7, 11) is 0. The molecule has 308 valence electrons. The van der Waals surface area contributed by atoms with Crippen LogP contribution in [-0.4, -0.2) is 0 Å². The van der Waals surface area contributed by atoms with Gasteiger partial charge in [-0.3, -0.25) is 0 Å². The van der Waals surface area contributed by atoms with Gasteiger partial charge < -0.3 is 4.90 Å². The highest BCUT2D eigenvalue weighted by atomic mass is 15.2. The van der Waals surface area contributed by atoms with Crippen molar-refractivity contribution in [3.05, 3.63) is 246 Å². The van der Waals surface area contributed by atoms with E-state index in [1.165, 1.54) is 121 Å². The molecule has 9 aromatic carbocycles. The molecule has 0 amide bonds. The summed E-state index contributed by atoms with van der Waals surface area (Å²) in [6, 6.07) is 81.3. The van der Waals surface area contributed by atoms with Crippen molar-refractivity contribution in [2.24, 2.45) is 23.7 Å². The average molecular weight is 830 g/mol. The largest absolute Gasteiger partial charge is 0.310 e. The molecule has 5 atom stereocenters. The fourth-order valence-electron chi connectivity index (χ4n) is 15.3. The summed E-state index contributed by atoms with van der Waals surface area (Å²) >= 11 is 0. The van der Waals surface area contributed by atoms with E-state index in [2.05, 4.69) is 217 Å². The normalized spacial score (nSPS) is 22.4. The summed E-state index contributed by atoms with van der Waals surface area (Å²) < 4.78 is 0. The summed E-state index contributed by atoms with van der Waals surface area (Å²) in [5.41, 5.74) is 25.1. The number of anilines is 3. The van der Waals surface area contributed by atoms with Gasteiger partial charge in [0.15, 0.2) is 0 Å². The van der Waals surface area contributed by atoms with Crippen LogP contribution in [0.5, 0.6) is 0 Å². The summed E-state index contributed by atoms with van der Waals surface area (Å²) in [4.78, 5) is 2.73. The van der Waals surface area contributed by atoms with Crippen LogP contribution < -0.4 is 4.90 Å². The molecule has 1 nitrogen and oxygen atoms in total. The Morgan fingerprint density at radius 3 is 1.54 bits per heavy atom. The molecule has 7 aliphatic carbocycles. The first-order valence-corrected chi connectivity index (χ1v) is 24.0. The first-order valence-electron chi connectivity index (χ1n) is 24.0. The van der Waals surface area contributed by atoms with Crippen LogP contribution >= 0.6 is 0 Å². The van der Waals surface area contributed by atoms with Gasteiger partial charge in [-0.2, -0.15) is 0 Å². The van der Waals surface area contributed by atoms with Gasteiger partial charge in [0.05, 0.1) is 16.8 Å². The van der Waals surface area contributed by atoms with Crippen LogP contribution in [0.15, 0.2) is 212 Å². The van der Waals surface area contributed by atoms with Gasteiger partial charge in [-0.25, -0.2) is 0 Å². The lowest BCUT2D eigenvalue weighted by molar-refractivity contribution is 0.191. The third kappa shape index (κ3) is 4.54. The highest BCUT2D eigenvalue weighted by Crippen LogP contribution is 2.74. The molecule has 2 spiro atoms. The molecular formula is C64H47N. The van der Waals surface area contributed by atoms with E-state index in [-0.39, 0.29) is 5.41 Å². The molecule has 9 aromatic rings. The Kier molecular flexibility index (Phi) is 7.33. The molecule has 0 aliphatic heterocycles. The molecular weight excluding hydrogens is 783 g/mol. The molecule has 5 unspecified atom stereocenters. The Bertz CT molecular complexity index is 3370. The summed E-state index contributed by atoms with van der Waals surface area (Å²) in [5, 5.41) is 0. The summed E-state index contributed by atoms with van der Waals surface area (Å²) in [6.07, 6.45) is 5.44. The molecule has 65 heavy (non-hydrogen) atoms. The molecule has 0 N–H and O–H groups in total. The van der Waals surface area contributed by atoms with Gasteiger partial charge >= 0.3 is 0 Å². The molecule has 7 aliphatic rings. The molecule has 0 saturated heterocycles. The van der Waals surface area contributed by atoms with Gasteiger partial charge in [0.2, 0.25) is 0 Å². The van der Waals surface area contributed by atoms with Crippen LogP contribution in [0.25, 0.3) is 55.6 Å². The fourth-order valence-corrected chi connectivity index (χ4v) is 15.3. The van der Waals surface area contributed by atoms with E-state index in [4.69, 9.17) is 0 Å². The zero-order valence-electron chi connectivity index (χ0n) is 36.3. The highest BCUT2D eigenvalue weighted by Gasteiger charge is 2.67. The molecule has 4 saturated carbocycles. The zero-order valence-corrected chi connectivity index (χ0v) is 36.3. The monoisotopic (exact) mass is 829 g/mol. The molecule has 1 heteroatoms. The van der Waals surface area contributed by atoms with Gasteiger partial charge in [-0.1, -0.05) is 188 Å².